The van der Waals surface area contributed by atoms with E-state index in [1.165, 1.54) is 0 Å². The molecule has 100 valence electrons. The molecule has 2 amide bonds. The highest BCUT2D eigenvalue weighted by atomic mass is 16.2. The van der Waals surface area contributed by atoms with Gasteiger partial charge in [0.1, 0.15) is 0 Å². The van der Waals surface area contributed by atoms with Gasteiger partial charge in [0, 0.05) is 12.2 Å². The lowest BCUT2D eigenvalue weighted by Crippen LogP contribution is -2.28. The van der Waals surface area contributed by atoms with E-state index < -0.39 is 0 Å². The first-order valence-electron chi connectivity index (χ1n) is 6.33. The van der Waals surface area contributed by atoms with E-state index >= 15 is 0 Å². The smallest absolute Gasteiger partial charge is 0.319 e. The second-order valence-corrected chi connectivity index (χ2v) is 4.43. The van der Waals surface area contributed by atoms with Crippen molar-refractivity contribution in [3.8, 4) is 0 Å². The van der Waals surface area contributed by atoms with Gasteiger partial charge in [0.05, 0.1) is 17.4 Å². The maximum Gasteiger partial charge on any atom is 0.319 e. The van der Waals surface area contributed by atoms with Crippen molar-refractivity contribution in [2.75, 3.05) is 5.32 Å². The Kier molecular flexibility index (Phi) is 3.33. The van der Waals surface area contributed by atoms with Crippen LogP contribution in [0.15, 0.2) is 54.9 Å². The Morgan fingerprint density at radius 1 is 1.15 bits per heavy atom. The molecule has 2 aromatic carbocycles. The van der Waals surface area contributed by atoms with Gasteiger partial charge in [0.2, 0.25) is 0 Å². The molecule has 0 saturated heterocycles. The summed E-state index contributed by atoms with van der Waals surface area (Å²) >= 11 is 0. The summed E-state index contributed by atoms with van der Waals surface area (Å²) in [6.07, 6.45) is 1.66. The highest BCUT2D eigenvalue weighted by molar-refractivity contribution is 5.89. The molecule has 0 spiro atoms. The molecule has 0 saturated carbocycles. The number of rotatable bonds is 3. The normalized spacial score (nSPS) is 10.4. The molecule has 0 radical (unpaired) electrons. The van der Waals surface area contributed by atoms with E-state index in [1.807, 2.05) is 48.5 Å². The second-order valence-electron chi connectivity index (χ2n) is 4.43. The van der Waals surface area contributed by atoms with Crippen molar-refractivity contribution in [3.63, 3.8) is 0 Å². The molecule has 5 nitrogen and oxygen atoms in total. The number of nitrogens with zero attached hydrogens (tertiary/aromatic N) is 1. The molecule has 0 fully saturated rings. The van der Waals surface area contributed by atoms with E-state index in [1.54, 1.807) is 6.33 Å². The zero-order valence-corrected chi connectivity index (χ0v) is 10.8. The number of carbonyl (C=O) groups excluding carboxylic acids is 1. The summed E-state index contributed by atoms with van der Waals surface area (Å²) in [5.41, 5.74) is 3.68. The zero-order chi connectivity index (χ0) is 13.8. The Hall–Kier alpha value is -2.82. The van der Waals surface area contributed by atoms with Gasteiger partial charge >= 0.3 is 6.03 Å². The summed E-state index contributed by atoms with van der Waals surface area (Å²) in [7, 11) is 0. The third-order valence-corrected chi connectivity index (χ3v) is 2.97. The number of nitrogens with one attached hydrogen (secondary N) is 3. The van der Waals surface area contributed by atoms with E-state index in [9.17, 15) is 4.79 Å². The van der Waals surface area contributed by atoms with Crippen LogP contribution in [-0.2, 0) is 6.54 Å². The number of benzene rings is 2. The van der Waals surface area contributed by atoms with E-state index in [4.69, 9.17) is 0 Å². The van der Waals surface area contributed by atoms with Crippen LogP contribution in [0.25, 0.3) is 11.0 Å². The molecule has 20 heavy (non-hydrogen) atoms. The number of aromatic nitrogens is 2. The fraction of sp³-hybridized carbons (Fsp3) is 0.0667. The maximum absolute atomic E-state index is 11.8. The number of anilines is 1. The molecule has 3 N–H and O–H groups in total. The minimum absolute atomic E-state index is 0.221. The van der Waals surface area contributed by atoms with Gasteiger partial charge in [-0.2, -0.15) is 0 Å². The van der Waals surface area contributed by atoms with Crippen LogP contribution in [0.5, 0.6) is 0 Å². The first-order valence-corrected chi connectivity index (χ1v) is 6.33. The van der Waals surface area contributed by atoms with Crippen LogP contribution < -0.4 is 10.6 Å². The Morgan fingerprint density at radius 2 is 2.00 bits per heavy atom. The third-order valence-electron chi connectivity index (χ3n) is 2.97. The quantitative estimate of drug-likeness (QED) is 0.682. The first-order chi connectivity index (χ1) is 9.81. The average Bonchev–Trinajstić information content (AvgIpc) is 2.93. The number of para-hydroxylation sites is 1. The summed E-state index contributed by atoms with van der Waals surface area (Å²) in [6.45, 7) is 0.466. The minimum Gasteiger partial charge on any atom is -0.345 e. The molecule has 5 heteroatoms. The van der Waals surface area contributed by atoms with Gasteiger partial charge in [-0.1, -0.05) is 24.3 Å². The summed E-state index contributed by atoms with van der Waals surface area (Å²) in [5, 5.41) is 5.59. The van der Waals surface area contributed by atoms with E-state index in [-0.39, 0.29) is 6.03 Å². The van der Waals surface area contributed by atoms with Gasteiger partial charge < -0.3 is 15.6 Å². The van der Waals surface area contributed by atoms with Gasteiger partial charge in [-0.15, -0.1) is 0 Å². The fourth-order valence-electron chi connectivity index (χ4n) is 1.97. The molecule has 3 rings (SSSR count). The number of fused-ring (bicyclic) bond motifs is 1. The molecular formula is C15H14N4O. The van der Waals surface area contributed by atoms with Gasteiger partial charge in [0.15, 0.2) is 0 Å². The van der Waals surface area contributed by atoms with Crippen molar-refractivity contribution in [2.45, 2.75) is 6.54 Å². The van der Waals surface area contributed by atoms with Crippen LogP contribution in [0.3, 0.4) is 0 Å². The molecule has 3 aromatic rings. The third kappa shape index (κ3) is 2.77. The van der Waals surface area contributed by atoms with Gasteiger partial charge in [-0.25, -0.2) is 9.78 Å². The molecule has 0 unspecified atom stereocenters. The Balaban J connectivity index is 1.59. The topological polar surface area (TPSA) is 69.8 Å². The predicted octanol–water partition coefficient (Wildman–Crippen LogP) is 2.88. The SMILES string of the molecule is O=C(NCc1ccc2nc[nH]c2c1)Nc1ccccc1. The standard InChI is InChI=1S/C15H14N4O/c20-15(19-12-4-2-1-3-5-12)16-9-11-6-7-13-14(8-11)18-10-17-13/h1-8,10H,9H2,(H,17,18)(H2,16,19,20). The molecular weight excluding hydrogens is 252 g/mol. The Morgan fingerprint density at radius 3 is 2.85 bits per heavy atom. The molecule has 0 aliphatic heterocycles. The number of imidazole rings is 1. The monoisotopic (exact) mass is 266 g/mol. The van der Waals surface area contributed by atoms with Crippen LogP contribution >= 0.6 is 0 Å². The number of H-pyrrole nitrogens is 1. The molecule has 0 aliphatic rings. The number of urea groups is 1. The van der Waals surface area contributed by atoms with Gasteiger partial charge in [-0.05, 0) is 29.8 Å². The van der Waals surface area contributed by atoms with E-state index in [2.05, 4.69) is 20.6 Å². The summed E-state index contributed by atoms with van der Waals surface area (Å²) in [6, 6.07) is 15.0. The fourth-order valence-corrected chi connectivity index (χ4v) is 1.97. The summed E-state index contributed by atoms with van der Waals surface area (Å²) < 4.78 is 0. The van der Waals surface area contributed by atoms with Crippen molar-refractivity contribution in [2.24, 2.45) is 0 Å². The number of hydrogen-bond acceptors (Lipinski definition) is 2. The van der Waals surface area contributed by atoms with Crippen LogP contribution in [-0.4, -0.2) is 16.0 Å². The van der Waals surface area contributed by atoms with Crippen LogP contribution in [0.4, 0.5) is 10.5 Å². The maximum atomic E-state index is 11.8. The lowest BCUT2D eigenvalue weighted by molar-refractivity contribution is 0.251. The number of aromatic amines is 1. The molecule has 0 aliphatic carbocycles. The van der Waals surface area contributed by atoms with Crippen molar-refractivity contribution in [1.82, 2.24) is 15.3 Å². The molecule has 1 aromatic heterocycles. The average molecular weight is 266 g/mol. The Labute approximate surface area is 116 Å². The van der Waals surface area contributed by atoms with Crippen LogP contribution in [0.2, 0.25) is 0 Å². The van der Waals surface area contributed by atoms with Crippen molar-refractivity contribution >= 4 is 22.8 Å². The summed E-state index contributed by atoms with van der Waals surface area (Å²) in [5.74, 6) is 0. The van der Waals surface area contributed by atoms with Crippen molar-refractivity contribution in [3.05, 3.63) is 60.4 Å². The van der Waals surface area contributed by atoms with E-state index in [0.29, 0.717) is 6.54 Å². The number of amides is 2. The predicted molar refractivity (Wildman–Crippen MR) is 78.4 cm³/mol. The van der Waals surface area contributed by atoms with Gasteiger partial charge in [-0.3, -0.25) is 0 Å². The van der Waals surface area contributed by atoms with Crippen LogP contribution in [0.1, 0.15) is 5.56 Å². The van der Waals surface area contributed by atoms with Crippen LogP contribution in [0, 0.1) is 0 Å². The molecule has 0 bridgehead atoms. The minimum atomic E-state index is -0.221. The second kappa shape index (κ2) is 5.44. The lowest BCUT2D eigenvalue weighted by atomic mass is 10.2. The zero-order valence-electron chi connectivity index (χ0n) is 10.8. The van der Waals surface area contributed by atoms with Gasteiger partial charge in [0.25, 0.3) is 0 Å². The highest BCUT2D eigenvalue weighted by Crippen LogP contribution is 2.11. The lowest BCUT2D eigenvalue weighted by Gasteiger charge is -2.07. The molecule has 0 atom stereocenters. The molecule has 1 heterocycles. The first kappa shape index (κ1) is 12.2. The van der Waals surface area contributed by atoms with E-state index in [0.717, 1.165) is 22.3 Å². The summed E-state index contributed by atoms with van der Waals surface area (Å²) in [4.78, 5) is 19.0. The number of carbonyl (C=O) groups is 1. The van der Waals surface area contributed by atoms with Crippen molar-refractivity contribution < 1.29 is 4.79 Å². The Bertz CT molecular complexity index is 721. The van der Waals surface area contributed by atoms with Crippen molar-refractivity contribution in [1.29, 1.82) is 0 Å². The largest absolute Gasteiger partial charge is 0.345 e. The number of hydrogen-bond donors (Lipinski definition) is 3. The highest BCUT2D eigenvalue weighted by Gasteiger charge is 2.02.